The van der Waals surface area contributed by atoms with Crippen molar-refractivity contribution in [1.29, 1.82) is 0 Å². The summed E-state index contributed by atoms with van der Waals surface area (Å²) in [6.07, 6.45) is 0. The zero-order valence-corrected chi connectivity index (χ0v) is 15.6. The summed E-state index contributed by atoms with van der Waals surface area (Å²) in [5.41, 5.74) is 0.352. The van der Waals surface area contributed by atoms with Crippen LogP contribution in [-0.2, 0) is 9.59 Å². The Morgan fingerprint density at radius 3 is 1.32 bits per heavy atom. The topological polar surface area (TPSA) is 74.6 Å². The van der Waals surface area contributed by atoms with Crippen LogP contribution < -0.4 is 3.27 Å². The molecule has 0 aliphatic carbocycles. The van der Waals surface area contributed by atoms with Crippen LogP contribution in [0.3, 0.4) is 0 Å². The molecule has 0 spiro atoms. The van der Waals surface area contributed by atoms with Gasteiger partial charge in [0.05, 0.1) is 0 Å². The van der Waals surface area contributed by atoms with Crippen LogP contribution in [0, 0.1) is 0 Å². The Balaban J connectivity index is 0. The monoisotopic (exact) mass is 460 g/mol. The van der Waals surface area contributed by atoms with E-state index < -0.39 is 11.9 Å². The quantitative estimate of drug-likeness (QED) is 0.515. The molecule has 0 aliphatic rings. The molecular formula is C14H19BiO4. The summed E-state index contributed by atoms with van der Waals surface area (Å²) in [6.45, 7) is 9.20. The van der Waals surface area contributed by atoms with Gasteiger partial charge in [0, 0.05) is 11.1 Å². The van der Waals surface area contributed by atoms with Crippen LogP contribution in [0.15, 0.2) is 54.6 Å². The zero-order chi connectivity index (χ0) is 15.4. The van der Waals surface area contributed by atoms with Gasteiger partial charge in [-0.3, -0.25) is 0 Å². The fraction of sp³-hybridized carbons (Fsp3) is 0.143. The molecule has 0 fully saturated rings. The Morgan fingerprint density at radius 2 is 1.21 bits per heavy atom. The van der Waals surface area contributed by atoms with Crippen molar-refractivity contribution in [2.75, 3.05) is 0 Å². The van der Waals surface area contributed by atoms with Gasteiger partial charge in [-0.15, -0.1) is 0 Å². The van der Waals surface area contributed by atoms with Gasteiger partial charge in [-0.2, -0.15) is 0 Å². The second kappa shape index (κ2) is 11.6. The normalized spacial score (nSPS) is 7.95. The van der Waals surface area contributed by atoms with Crippen LogP contribution in [0.2, 0.25) is 0 Å². The van der Waals surface area contributed by atoms with E-state index in [4.69, 9.17) is 10.2 Å². The number of rotatable bonds is 2. The first-order valence-corrected chi connectivity index (χ1v) is 7.51. The van der Waals surface area contributed by atoms with Crippen LogP contribution in [0.1, 0.15) is 13.8 Å². The standard InChI is InChI=1S/C6H5.2C4H6O2.Bi.2H/c1-2-4-6-5-3-1;2*1-3(2)4(5)6;;;/h1-5H;2*1H2,2H3,(H,5,6);;;. The molecule has 0 amide bonds. The number of carboxylic acids is 2. The Morgan fingerprint density at radius 1 is 0.947 bits per heavy atom. The summed E-state index contributed by atoms with van der Waals surface area (Å²) < 4.78 is 1.49. The number of carboxylic acid groups (broad SMARTS) is 2. The molecular weight excluding hydrogens is 441 g/mol. The van der Waals surface area contributed by atoms with Crippen molar-refractivity contribution < 1.29 is 19.8 Å². The van der Waals surface area contributed by atoms with Gasteiger partial charge in [-0.1, -0.05) is 13.2 Å². The molecule has 0 atom stereocenters. The van der Waals surface area contributed by atoms with E-state index in [1.807, 2.05) is 6.07 Å². The number of carbonyl (C=O) groups is 2. The van der Waals surface area contributed by atoms with Crippen LogP contribution in [0.4, 0.5) is 0 Å². The van der Waals surface area contributed by atoms with Gasteiger partial charge in [0.1, 0.15) is 0 Å². The fourth-order valence-electron chi connectivity index (χ4n) is 0.453. The van der Waals surface area contributed by atoms with E-state index in [2.05, 4.69) is 37.4 Å². The third-order valence-electron chi connectivity index (χ3n) is 1.53. The van der Waals surface area contributed by atoms with Crippen molar-refractivity contribution in [1.82, 2.24) is 0 Å². The molecule has 104 valence electrons. The van der Waals surface area contributed by atoms with Gasteiger partial charge in [-0.05, 0) is 13.8 Å². The fourth-order valence-corrected chi connectivity index (χ4v) is 1.32. The molecule has 1 rings (SSSR count). The van der Waals surface area contributed by atoms with E-state index in [0.29, 0.717) is 0 Å². The van der Waals surface area contributed by atoms with E-state index in [9.17, 15) is 9.59 Å². The predicted molar refractivity (Wildman–Crippen MR) is 79.5 cm³/mol. The van der Waals surface area contributed by atoms with Crippen molar-refractivity contribution in [2.24, 2.45) is 0 Å². The third-order valence-corrected chi connectivity index (χ3v) is 3.03. The van der Waals surface area contributed by atoms with Gasteiger partial charge in [0.15, 0.2) is 0 Å². The molecule has 2 N–H and O–H groups in total. The van der Waals surface area contributed by atoms with Gasteiger partial charge in [0.2, 0.25) is 0 Å². The van der Waals surface area contributed by atoms with E-state index in [-0.39, 0.29) is 11.1 Å². The SMILES string of the molecule is C=C(C)C(=O)O.C=C(C)C(=O)O.[BiH2][c]1ccccc1. The first-order valence-electron chi connectivity index (χ1n) is 5.26. The van der Waals surface area contributed by atoms with Crippen molar-refractivity contribution in [3.63, 3.8) is 0 Å². The summed E-state index contributed by atoms with van der Waals surface area (Å²) in [7, 11) is 0. The van der Waals surface area contributed by atoms with Gasteiger partial charge >= 0.3 is 70.3 Å². The number of hydrogen-bond acceptors (Lipinski definition) is 2. The first kappa shape index (κ1) is 19.9. The van der Waals surface area contributed by atoms with Gasteiger partial charge < -0.3 is 10.2 Å². The molecule has 0 heterocycles. The molecule has 19 heavy (non-hydrogen) atoms. The molecule has 4 nitrogen and oxygen atoms in total. The third kappa shape index (κ3) is 16.5. The summed E-state index contributed by atoms with van der Waals surface area (Å²) >= 11 is 0.992. The Hall–Kier alpha value is -1.48. The summed E-state index contributed by atoms with van der Waals surface area (Å²) in [4.78, 5) is 19.2. The summed E-state index contributed by atoms with van der Waals surface area (Å²) in [5, 5.41) is 15.8. The minimum absolute atomic E-state index is 0.176. The number of hydrogen-bond donors (Lipinski definition) is 2. The minimum atomic E-state index is -0.935. The first-order chi connectivity index (χ1) is 8.68. The predicted octanol–water partition coefficient (Wildman–Crippen LogP) is 1.24. The molecule has 5 heteroatoms. The molecule has 1 aromatic carbocycles. The van der Waals surface area contributed by atoms with E-state index >= 15 is 0 Å². The Bertz CT molecular complexity index is 390. The Labute approximate surface area is 128 Å². The number of benzene rings is 1. The average Bonchev–Trinajstić information content (AvgIpc) is 2.31. The van der Waals surface area contributed by atoms with Crippen molar-refractivity contribution >= 4 is 39.9 Å². The molecule has 0 aliphatic heterocycles. The van der Waals surface area contributed by atoms with Crippen molar-refractivity contribution in [3.05, 3.63) is 54.6 Å². The summed E-state index contributed by atoms with van der Waals surface area (Å²) in [6, 6.07) is 10.5. The maximum atomic E-state index is 9.60. The Kier molecular flexibility index (Phi) is 12.1. The second-order valence-corrected chi connectivity index (χ2v) is 6.17. The zero-order valence-electron chi connectivity index (χ0n) is 11.1. The van der Waals surface area contributed by atoms with E-state index in [1.165, 1.54) is 17.1 Å². The molecule has 0 saturated carbocycles. The van der Waals surface area contributed by atoms with Crippen LogP contribution in [0.25, 0.3) is 0 Å². The van der Waals surface area contributed by atoms with Crippen LogP contribution >= 0.6 is 0 Å². The molecule has 0 saturated heterocycles. The number of aliphatic carboxylic acids is 2. The molecule has 0 bridgehead atoms. The van der Waals surface area contributed by atoms with E-state index in [1.54, 1.807) is 0 Å². The maximum absolute atomic E-state index is 9.60. The van der Waals surface area contributed by atoms with Gasteiger partial charge in [0.25, 0.3) is 0 Å². The molecule has 0 unspecified atom stereocenters. The van der Waals surface area contributed by atoms with Gasteiger partial charge in [-0.25, -0.2) is 9.59 Å². The van der Waals surface area contributed by atoms with E-state index in [0.717, 1.165) is 24.7 Å². The molecule has 0 aromatic heterocycles. The van der Waals surface area contributed by atoms with Crippen LogP contribution in [0.5, 0.6) is 0 Å². The summed E-state index contributed by atoms with van der Waals surface area (Å²) in [5.74, 6) is -1.87. The second-order valence-electron chi connectivity index (χ2n) is 3.58. The van der Waals surface area contributed by atoms with Crippen molar-refractivity contribution in [2.45, 2.75) is 13.8 Å². The molecule has 1 aromatic rings. The molecule has 0 radical (unpaired) electrons. The van der Waals surface area contributed by atoms with Crippen LogP contribution in [-0.4, -0.2) is 46.9 Å². The average molecular weight is 460 g/mol. The van der Waals surface area contributed by atoms with Crippen molar-refractivity contribution in [3.8, 4) is 0 Å².